The molecule has 1 aliphatic heterocycles. The van der Waals surface area contributed by atoms with Crippen molar-refractivity contribution in [2.75, 3.05) is 12.3 Å². The number of rotatable bonds is 4. The summed E-state index contributed by atoms with van der Waals surface area (Å²) in [4.78, 5) is 0. The fourth-order valence-electron chi connectivity index (χ4n) is 1.88. The van der Waals surface area contributed by atoms with Gasteiger partial charge in [0.05, 0.1) is 6.54 Å². The lowest BCUT2D eigenvalue weighted by Crippen LogP contribution is -2.33. The minimum absolute atomic E-state index is 0.429. The van der Waals surface area contributed by atoms with Gasteiger partial charge < -0.3 is 9.88 Å². The highest BCUT2D eigenvalue weighted by Gasteiger charge is 2.28. The molecule has 0 bridgehead atoms. The first-order chi connectivity index (χ1) is 7.20. The summed E-state index contributed by atoms with van der Waals surface area (Å²) < 4.78 is 2.38. The third kappa shape index (κ3) is 2.72. The van der Waals surface area contributed by atoms with E-state index in [-0.39, 0.29) is 0 Å². The van der Waals surface area contributed by atoms with Gasteiger partial charge in [-0.1, -0.05) is 0 Å². The van der Waals surface area contributed by atoms with Gasteiger partial charge in [0.1, 0.15) is 12.2 Å². The predicted molar refractivity (Wildman–Crippen MR) is 62.8 cm³/mol. The molecule has 2 rings (SSSR count). The van der Waals surface area contributed by atoms with Crippen LogP contribution in [0.3, 0.4) is 0 Å². The molecule has 84 valence electrons. The zero-order chi connectivity index (χ0) is 10.7. The van der Waals surface area contributed by atoms with E-state index in [2.05, 4.69) is 34.2 Å². The first-order valence-corrected chi connectivity index (χ1v) is 6.36. The highest BCUT2D eigenvalue weighted by Crippen LogP contribution is 2.36. The number of aromatic nitrogens is 3. The summed E-state index contributed by atoms with van der Waals surface area (Å²) in [5.74, 6) is 2.31. The first kappa shape index (κ1) is 11.0. The van der Waals surface area contributed by atoms with Crippen molar-refractivity contribution in [1.29, 1.82) is 0 Å². The van der Waals surface area contributed by atoms with Crippen LogP contribution in [0.2, 0.25) is 0 Å². The van der Waals surface area contributed by atoms with E-state index in [4.69, 9.17) is 0 Å². The third-order valence-corrected chi connectivity index (χ3v) is 4.43. The van der Waals surface area contributed by atoms with E-state index in [9.17, 15) is 0 Å². The Balaban J connectivity index is 1.77. The van der Waals surface area contributed by atoms with Crippen LogP contribution in [0.1, 0.15) is 25.6 Å². The summed E-state index contributed by atoms with van der Waals surface area (Å²) in [6.07, 6.45) is 4.42. The molecule has 4 nitrogen and oxygen atoms in total. The summed E-state index contributed by atoms with van der Waals surface area (Å²) in [6, 6.07) is 0. The molecule has 1 aromatic heterocycles. The topological polar surface area (TPSA) is 42.7 Å². The third-order valence-electron chi connectivity index (χ3n) is 2.89. The molecule has 0 amide bonds. The van der Waals surface area contributed by atoms with Crippen LogP contribution < -0.4 is 5.32 Å². The molecule has 1 saturated heterocycles. The molecule has 1 aliphatic rings. The maximum atomic E-state index is 4.05. The van der Waals surface area contributed by atoms with E-state index >= 15 is 0 Å². The van der Waals surface area contributed by atoms with Crippen molar-refractivity contribution < 1.29 is 0 Å². The SMILES string of the molecule is Cn1cnnc1CNCC1(C)CCCS1. The van der Waals surface area contributed by atoms with Gasteiger partial charge in [0.15, 0.2) is 0 Å². The number of hydrogen-bond acceptors (Lipinski definition) is 4. The van der Waals surface area contributed by atoms with Crippen molar-refractivity contribution >= 4 is 11.8 Å². The second-order valence-electron chi connectivity index (χ2n) is 4.36. The van der Waals surface area contributed by atoms with Crippen molar-refractivity contribution in [3.8, 4) is 0 Å². The van der Waals surface area contributed by atoms with Gasteiger partial charge in [0.2, 0.25) is 0 Å². The Kier molecular flexibility index (Phi) is 3.31. The fraction of sp³-hybridized carbons (Fsp3) is 0.800. The van der Waals surface area contributed by atoms with E-state index in [0.29, 0.717) is 4.75 Å². The molecule has 0 aromatic carbocycles. The minimum Gasteiger partial charge on any atom is -0.320 e. The lowest BCUT2D eigenvalue weighted by atomic mass is 10.1. The van der Waals surface area contributed by atoms with E-state index in [1.165, 1.54) is 18.6 Å². The number of aryl methyl sites for hydroxylation is 1. The van der Waals surface area contributed by atoms with E-state index in [1.54, 1.807) is 6.33 Å². The van der Waals surface area contributed by atoms with E-state index < -0.39 is 0 Å². The maximum absolute atomic E-state index is 4.05. The zero-order valence-corrected chi connectivity index (χ0v) is 10.2. The minimum atomic E-state index is 0.429. The van der Waals surface area contributed by atoms with Crippen LogP contribution in [-0.4, -0.2) is 31.8 Å². The number of thioether (sulfide) groups is 1. The van der Waals surface area contributed by atoms with Gasteiger partial charge in [-0.25, -0.2) is 0 Å². The van der Waals surface area contributed by atoms with Gasteiger partial charge in [-0.15, -0.1) is 10.2 Å². The highest BCUT2D eigenvalue weighted by molar-refractivity contribution is 8.00. The second kappa shape index (κ2) is 4.53. The standard InChI is InChI=1S/C10H18N4S/c1-10(4-3-5-15-10)7-11-6-9-13-12-8-14(9)2/h8,11H,3-7H2,1-2H3. The fourth-order valence-corrected chi connectivity index (χ4v) is 3.16. The van der Waals surface area contributed by atoms with Crippen molar-refractivity contribution in [3.63, 3.8) is 0 Å². The van der Waals surface area contributed by atoms with Gasteiger partial charge in [0.25, 0.3) is 0 Å². The largest absolute Gasteiger partial charge is 0.320 e. The Hall–Kier alpha value is -0.550. The second-order valence-corrected chi connectivity index (χ2v) is 6.05. The molecule has 1 aromatic rings. The lowest BCUT2D eigenvalue weighted by Gasteiger charge is -2.22. The molecule has 1 atom stereocenters. The number of nitrogens with zero attached hydrogens (tertiary/aromatic N) is 3. The molecule has 1 unspecified atom stereocenters. The van der Waals surface area contributed by atoms with Gasteiger partial charge in [-0.2, -0.15) is 11.8 Å². The van der Waals surface area contributed by atoms with E-state index in [1.807, 2.05) is 11.6 Å². The number of hydrogen-bond donors (Lipinski definition) is 1. The van der Waals surface area contributed by atoms with Crippen LogP contribution in [0.25, 0.3) is 0 Å². The molecule has 0 saturated carbocycles. The molecule has 0 radical (unpaired) electrons. The molecule has 1 fully saturated rings. The van der Waals surface area contributed by atoms with Crippen LogP contribution in [0.5, 0.6) is 0 Å². The Morgan fingerprint density at radius 1 is 1.67 bits per heavy atom. The van der Waals surface area contributed by atoms with Crippen molar-refractivity contribution in [2.24, 2.45) is 7.05 Å². The van der Waals surface area contributed by atoms with Crippen LogP contribution in [0.15, 0.2) is 6.33 Å². The summed E-state index contributed by atoms with van der Waals surface area (Å²) in [7, 11) is 1.98. The van der Waals surface area contributed by atoms with Crippen LogP contribution >= 0.6 is 11.8 Å². The zero-order valence-electron chi connectivity index (χ0n) is 9.36. The average molecular weight is 226 g/mol. The predicted octanol–water partition coefficient (Wildman–Crippen LogP) is 1.19. The van der Waals surface area contributed by atoms with Crippen LogP contribution in [-0.2, 0) is 13.6 Å². The summed E-state index contributed by atoms with van der Waals surface area (Å²) >= 11 is 2.08. The highest BCUT2D eigenvalue weighted by atomic mass is 32.2. The molecule has 0 spiro atoms. The molecule has 5 heteroatoms. The summed E-state index contributed by atoms with van der Waals surface area (Å²) in [5.41, 5.74) is 0. The average Bonchev–Trinajstić information content (AvgIpc) is 2.78. The van der Waals surface area contributed by atoms with Crippen LogP contribution in [0, 0.1) is 0 Å². The van der Waals surface area contributed by atoms with Crippen molar-refractivity contribution in [2.45, 2.75) is 31.1 Å². The monoisotopic (exact) mass is 226 g/mol. The van der Waals surface area contributed by atoms with Crippen LogP contribution in [0.4, 0.5) is 0 Å². The Bertz CT molecular complexity index is 317. The quantitative estimate of drug-likeness (QED) is 0.837. The summed E-state index contributed by atoms with van der Waals surface area (Å²) in [6.45, 7) is 4.21. The van der Waals surface area contributed by atoms with Gasteiger partial charge >= 0.3 is 0 Å². The molecular weight excluding hydrogens is 208 g/mol. The Morgan fingerprint density at radius 2 is 2.53 bits per heavy atom. The smallest absolute Gasteiger partial charge is 0.146 e. The molecule has 0 aliphatic carbocycles. The maximum Gasteiger partial charge on any atom is 0.146 e. The Labute approximate surface area is 94.8 Å². The van der Waals surface area contributed by atoms with Gasteiger partial charge in [-0.05, 0) is 25.5 Å². The van der Waals surface area contributed by atoms with Crippen molar-refractivity contribution in [1.82, 2.24) is 20.1 Å². The molecule has 15 heavy (non-hydrogen) atoms. The molecular formula is C10H18N4S. The Morgan fingerprint density at radius 3 is 3.13 bits per heavy atom. The lowest BCUT2D eigenvalue weighted by molar-refractivity contribution is 0.524. The van der Waals surface area contributed by atoms with Gasteiger partial charge in [0, 0.05) is 18.3 Å². The summed E-state index contributed by atoms with van der Waals surface area (Å²) in [5, 5.41) is 11.4. The molecule has 2 heterocycles. The molecule has 1 N–H and O–H groups in total. The number of nitrogens with one attached hydrogen (secondary N) is 1. The normalized spacial score (nSPS) is 26.0. The van der Waals surface area contributed by atoms with Crippen molar-refractivity contribution in [3.05, 3.63) is 12.2 Å². The van der Waals surface area contributed by atoms with E-state index in [0.717, 1.165) is 18.9 Å². The first-order valence-electron chi connectivity index (χ1n) is 5.37. The van der Waals surface area contributed by atoms with Gasteiger partial charge in [-0.3, -0.25) is 0 Å².